The molecule has 0 spiro atoms. The van der Waals surface area contributed by atoms with Gasteiger partial charge in [0.05, 0.1) is 5.56 Å². The summed E-state index contributed by atoms with van der Waals surface area (Å²) in [5.41, 5.74) is 6.92. The zero-order valence-electron chi connectivity index (χ0n) is 11.1. The predicted molar refractivity (Wildman–Crippen MR) is 73.8 cm³/mol. The molecule has 0 saturated carbocycles. The maximum absolute atomic E-state index is 12.5. The minimum atomic E-state index is 0.0239. The molecule has 2 aliphatic heterocycles. The summed E-state index contributed by atoms with van der Waals surface area (Å²) in [5.74, 6) is 0.0239. The van der Waals surface area contributed by atoms with Gasteiger partial charge in [0.1, 0.15) is 0 Å². The summed E-state index contributed by atoms with van der Waals surface area (Å²) in [5, 5.41) is 0. The lowest BCUT2D eigenvalue weighted by Crippen LogP contribution is -2.56. The number of aromatic nitrogens is 1. The quantitative estimate of drug-likeness (QED) is 0.817. The first kappa shape index (κ1) is 12.4. The summed E-state index contributed by atoms with van der Waals surface area (Å²) in [6.45, 7) is 3.79. The number of fused-ring (bicyclic) bond motifs is 1. The van der Waals surface area contributed by atoms with Crippen molar-refractivity contribution in [2.75, 3.05) is 31.9 Å². The van der Waals surface area contributed by atoms with Crippen LogP contribution in [0.1, 0.15) is 29.6 Å². The SMILES string of the molecule is Nc1ccncc1C(=O)N1CCN2CCCCC2C1. The Bertz CT molecular complexity index is 476. The zero-order valence-corrected chi connectivity index (χ0v) is 11.1. The van der Waals surface area contributed by atoms with Crippen LogP contribution in [0.2, 0.25) is 0 Å². The number of piperazine rings is 1. The van der Waals surface area contributed by atoms with E-state index in [4.69, 9.17) is 5.73 Å². The van der Waals surface area contributed by atoms with Gasteiger partial charge in [-0.15, -0.1) is 0 Å². The van der Waals surface area contributed by atoms with Gasteiger partial charge in [-0.2, -0.15) is 0 Å². The Balaban J connectivity index is 1.73. The number of nitrogens with zero attached hydrogens (tertiary/aromatic N) is 3. The van der Waals surface area contributed by atoms with E-state index in [9.17, 15) is 4.79 Å². The Hall–Kier alpha value is -1.62. The van der Waals surface area contributed by atoms with Crippen molar-refractivity contribution >= 4 is 11.6 Å². The maximum atomic E-state index is 12.5. The van der Waals surface area contributed by atoms with E-state index in [0.29, 0.717) is 17.3 Å². The molecule has 2 N–H and O–H groups in total. The average molecular weight is 260 g/mol. The summed E-state index contributed by atoms with van der Waals surface area (Å²) in [7, 11) is 0. The number of hydrogen-bond acceptors (Lipinski definition) is 4. The largest absolute Gasteiger partial charge is 0.398 e. The molecule has 1 aromatic heterocycles. The topological polar surface area (TPSA) is 62.5 Å². The van der Waals surface area contributed by atoms with Crippen molar-refractivity contribution < 1.29 is 4.79 Å². The monoisotopic (exact) mass is 260 g/mol. The molecule has 1 atom stereocenters. The maximum Gasteiger partial charge on any atom is 0.257 e. The highest BCUT2D eigenvalue weighted by atomic mass is 16.2. The van der Waals surface area contributed by atoms with Gasteiger partial charge >= 0.3 is 0 Å². The minimum absolute atomic E-state index is 0.0239. The molecular formula is C14H20N4O. The second kappa shape index (κ2) is 5.17. The van der Waals surface area contributed by atoms with Gasteiger partial charge in [0.25, 0.3) is 5.91 Å². The van der Waals surface area contributed by atoms with E-state index in [0.717, 1.165) is 19.6 Å². The Kier molecular flexibility index (Phi) is 3.38. The van der Waals surface area contributed by atoms with E-state index in [1.54, 1.807) is 18.5 Å². The number of nitrogens with two attached hydrogens (primary N) is 1. The molecule has 5 heteroatoms. The molecule has 0 aliphatic carbocycles. The third kappa shape index (κ3) is 2.42. The van der Waals surface area contributed by atoms with E-state index >= 15 is 0 Å². The minimum Gasteiger partial charge on any atom is -0.398 e. The Morgan fingerprint density at radius 3 is 3.05 bits per heavy atom. The first-order valence-corrected chi connectivity index (χ1v) is 6.98. The molecule has 1 amide bonds. The van der Waals surface area contributed by atoms with Crippen molar-refractivity contribution in [3.8, 4) is 0 Å². The lowest BCUT2D eigenvalue weighted by Gasteiger charge is -2.44. The second-order valence-corrected chi connectivity index (χ2v) is 5.40. The molecule has 1 unspecified atom stereocenters. The number of carbonyl (C=O) groups excluding carboxylic acids is 1. The number of amides is 1. The van der Waals surface area contributed by atoms with Gasteiger partial charge in [-0.25, -0.2) is 0 Å². The molecular weight excluding hydrogens is 240 g/mol. The first-order valence-electron chi connectivity index (χ1n) is 6.98. The highest BCUT2D eigenvalue weighted by Gasteiger charge is 2.31. The number of carbonyl (C=O) groups is 1. The van der Waals surface area contributed by atoms with Gasteiger partial charge in [0.2, 0.25) is 0 Å². The highest BCUT2D eigenvalue weighted by molar-refractivity contribution is 5.98. The van der Waals surface area contributed by atoms with Crippen LogP contribution in [-0.2, 0) is 0 Å². The number of piperidine rings is 1. The van der Waals surface area contributed by atoms with Crippen LogP contribution in [0.25, 0.3) is 0 Å². The number of anilines is 1. The molecule has 102 valence electrons. The van der Waals surface area contributed by atoms with Crippen molar-refractivity contribution in [3.05, 3.63) is 24.0 Å². The molecule has 0 aromatic carbocycles. The fourth-order valence-electron chi connectivity index (χ4n) is 3.09. The fraction of sp³-hybridized carbons (Fsp3) is 0.571. The zero-order chi connectivity index (χ0) is 13.2. The molecule has 3 rings (SSSR count). The Labute approximate surface area is 113 Å². The van der Waals surface area contributed by atoms with Crippen molar-refractivity contribution in [2.24, 2.45) is 0 Å². The second-order valence-electron chi connectivity index (χ2n) is 5.40. The summed E-state index contributed by atoms with van der Waals surface area (Å²) >= 11 is 0. The van der Waals surface area contributed by atoms with Crippen molar-refractivity contribution in [2.45, 2.75) is 25.3 Å². The lowest BCUT2D eigenvalue weighted by molar-refractivity contribution is 0.0373. The normalized spacial score (nSPS) is 24.0. The molecule has 1 aromatic rings. The van der Waals surface area contributed by atoms with Crippen LogP contribution >= 0.6 is 0 Å². The summed E-state index contributed by atoms with van der Waals surface area (Å²) < 4.78 is 0. The van der Waals surface area contributed by atoms with E-state index in [1.807, 2.05) is 4.90 Å². The Morgan fingerprint density at radius 2 is 2.21 bits per heavy atom. The number of nitrogen functional groups attached to an aromatic ring is 1. The molecule has 0 bridgehead atoms. The van der Waals surface area contributed by atoms with Crippen LogP contribution in [0, 0.1) is 0 Å². The standard InChI is InChI=1S/C14H20N4O/c15-13-4-5-16-9-12(13)14(19)18-8-7-17-6-2-1-3-11(17)10-18/h4-5,9,11H,1-3,6-8,10H2,(H2,15,16). The fourth-order valence-corrected chi connectivity index (χ4v) is 3.09. The molecule has 5 nitrogen and oxygen atoms in total. The number of rotatable bonds is 1. The van der Waals surface area contributed by atoms with Gasteiger partial charge in [-0.1, -0.05) is 6.42 Å². The van der Waals surface area contributed by atoms with Gasteiger partial charge in [0.15, 0.2) is 0 Å². The first-order chi connectivity index (χ1) is 9.25. The van der Waals surface area contributed by atoms with Crippen LogP contribution in [0.4, 0.5) is 5.69 Å². The van der Waals surface area contributed by atoms with Gasteiger partial charge in [0, 0.05) is 43.8 Å². The van der Waals surface area contributed by atoms with Crippen LogP contribution in [0.15, 0.2) is 18.5 Å². The van der Waals surface area contributed by atoms with Crippen LogP contribution < -0.4 is 5.73 Å². The van der Waals surface area contributed by atoms with Gasteiger partial charge < -0.3 is 10.6 Å². The van der Waals surface area contributed by atoms with Gasteiger partial charge in [-0.05, 0) is 25.5 Å². The summed E-state index contributed by atoms with van der Waals surface area (Å²) in [6, 6.07) is 2.22. The summed E-state index contributed by atoms with van der Waals surface area (Å²) in [6.07, 6.45) is 6.96. The number of hydrogen-bond donors (Lipinski definition) is 1. The molecule has 2 aliphatic rings. The average Bonchev–Trinajstić information content (AvgIpc) is 2.46. The molecule has 2 saturated heterocycles. The van der Waals surface area contributed by atoms with E-state index in [1.165, 1.54) is 25.8 Å². The molecule has 2 fully saturated rings. The van der Waals surface area contributed by atoms with Crippen molar-refractivity contribution in [3.63, 3.8) is 0 Å². The van der Waals surface area contributed by atoms with Crippen molar-refractivity contribution in [1.29, 1.82) is 0 Å². The van der Waals surface area contributed by atoms with Crippen LogP contribution in [-0.4, -0.2) is 52.9 Å². The van der Waals surface area contributed by atoms with Crippen LogP contribution in [0.5, 0.6) is 0 Å². The predicted octanol–water partition coefficient (Wildman–Crippen LogP) is 0.974. The number of pyridine rings is 1. The Morgan fingerprint density at radius 1 is 1.32 bits per heavy atom. The summed E-state index contributed by atoms with van der Waals surface area (Å²) in [4.78, 5) is 20.9. The van der Waals surface area contributed by atoms with Crippen LogP contribution in [0.3, 0.4) is 0 Å². The van der Waals surface area contributed by atoms with E-state index in [2.05, 4.69) is 9.88 Å². The third-order valence-electron chi connectivity index (χ3n) is 4.21. The third-order valence-corrected chi connectivity index (χ3v) is 4.21. The van der Waals surface area contributed by atoms with Gasteiger partial charge in [-0.3, -0.25) is 14.7 Å². The molecule has 0 radical (unpaired) electrons. The van der Waals surface area contributed by atoms with E-state index < -0.39 is 0 Å². The molecule has 19 heavy (non-hydrogen) atoms. The molecule has 3 heterocycles. The van der Waals surface area contributed by atoms with Crippen molar-refractivity contribution in [1.82, 2.24) is 14.8 Å². The van der Waals surface area contributed by atoms with E-state index in [-0.39, 0.29) is 5.91 Å². The smallest absolute Gasteiger partial charge is 0.257 e. The lowest BCUT2D eigenvalue weighted by atomic mass is 9.99. The highest BCUT2D eigenvalue weighted by Crippen LogP contribution is 2.22.